The van der Waals surface area contributed by atoms with Crippen LogP contribution in [0.4, 0.5) is 0 Å². The number of epoxide rings is 1. The monoisotopic (exact) mass is 294 g/mol. The summed E-state index contributed by atoms with van der Waals surface area (Å²) < 4.78 is 10.7. The number of rotatable bonds is 4. The van der Waals surface area contributed by atoms with Crippen molar-refractivity contribution in [3.05, 3.63) is 77.4 Å². The van der Waals surface area contributed by atoms with Gasteiger partial charge in [-0.2, -0.15) is 0 Å². The predicted molar refractivity (Wildman–Crippen MR) is 85.1 cm³/mol. The zero-order chi connectivity index (χ0) is 15.5. The molecule has 1 heterocycles. The molecule has 22 heavy (non-hydrogen) atoms. The van der Waals surface area contributed by atoms with Crippen LogP contribution in [0.15, 0.2) is 60.7 Å². The molecule has 2 atom stereocenters. The molecular formula is C19H18O3. The van der Waals surface area contributed by atoms with Crippen molar-refractivity contribution in [2.24, 2.45) is 0 Å². The zero-order valence-electron chi connectivity index (χ0n) is 12.7. The number of hydrogen-bond acceptors (Lipinski definition) is 3. The first kappa shape index (κ1) is 14.5. The summed E-state index contributed by atoms with van der Waals surface area (Å²) in [4.78, 5) is 12.0. The fraction of sp³-hybridized carbons (Fsp3) is 0.211. The first-order valence-electron chi connectivity index (χ1n) is 7.30. The first-order chi connectivity index (χ1) is 10.8. The molecule has 1 saturated heterocycles. The normalized spacial score (nSPS) is 20.5. The third kappa shape index (κ3) is 2.68. The van der Waals surface area contributed by atoms with Crippen molar-refractivity contribution in [2.45, 2.75) is 19.1 Å². The Bertz CT molecular complexity index is 704. The van der Waals surface area contributed by atoms with Crippen molar-refractivity contribution in [3.8, 4) is 0 Å². The van der Waals surface area contributed by atoms with Crippen LogP contribution < -0.4 is 0 Å². The van der Waals surface area contributed by atoms with E-state index in [1.807, 2.05) is 49.4 Å². The number of benzene rings is 2. The van der Waals surface area contributed by atoms with E-state index in [9.17, 15) is 4.79 Å². The second-order valence-electron chi connectivity index (χ2n) is 5.17. The molecule has 0 N–H and O–H groups in total. The lowest BCUT2D eigenvalue weighted by atomic mass is 9.95. The van der Waals surface area contributed by atoms with Crippen molar-refractivity contribution >= 4 is 11.5 Å². The number of methoxy groups -OCH3 is 1. The highest BCUT2D eigenvalue weighted by molar-refractivity contribution is 6.16. The average Bonchev–Trinajstić information content (AvgIpc) is 3.37. The summed E-state index contributed by atoms with van der Waals surface area (Å²) >= 11 is 0. The van der Waals surface area contributed by atoms with E-state index in [0.717, 1.165) is 16.7 Å². The number of hydrogen-bond donors (Lipinski definition) is 0. The predicted octanol–water partition coefficient (Wildman–Crippen LogP) is 4.08. The van der Waals surface area contributed by atoms with Gasteiger partial charge in [-0.25, -0.2) is 4.79 Å². The minimum atomic E-state index is -0.327. The molecule has 0 aromatic heterocycles. The number of carbonyl (C=O) groups excluding carboxylic acids is 1. The quantitative estimate of drug-likeness (QED) is 0.484. The Hall–Kier alpha value is -2.39. The van der Waals surface area contributed by atoms with Crippen molar-refractivity contribution < 1.29 is 14.3 Å². The number of carbonyl (C=O) groups is 1. The van der Waals surface area contributed by atoms with E-state index >= 15 is 0 Å². The molecule has 2 unspecified atom stereocenters. The lowest BCUT2D eigenvalue weighted by Crippen LogP contribution is -2.06. The van der Waals surface area contributed by atoms with Gasteiger partial charge >= 0.3 is 5.97 Å². The van der Waals surface area contributed by atoms with Gasteiger partial charge < -0.3 is 9.47 Å². The van der Waals surface area contributed by atoms with Gasteiger partial charge in [-0.3, -0.25) is 0 Å². The Morgan fingerprint density at radius 2 is 1.73 bits per heavy atom. The molecule has 1 fully saturated rings. The van der Waals surface area contributed by atoms with E-state index in [-0.39, 0.29) is 18.2 Å². The maximum atomic E-state index is 12.0. The molecule has 3 heteroatoms. The number of esters is 1. The molecule has 2 aromatic rings. The van der Waals surface area contributed by atoms with Crippen LogP contribution >= 0.6 is 0 Å². The molecule has 1 aliphatic rings. The second-order valence-corrected chi connectivity index (χ2v) is 5.17. The topological polar surface area (TPSA) is 38.8 Å². The van der Waals surface area contributed by atoms with Crippen LogP contribution in [0.2, 0.25) is 0 Å². The highest BCUT2D eigenvalue weighted by Crippen LogP contribution is 2.52. The summed E-state index contributed by atoms with van der Waals surface area (Å²) in [6.07, 6.45) is 1.82. The SMILES string of the molecule is C/C=C(/C(=O)OC)c1ccccc1C1OC1c1ccccc1. The number of allylic oxidation sites excluding steroid dienone is 1. The van der Waals surface area contributed by atoms with Crippen LogP contribution in [-0.2, 0) is 14.3 Å². The van der Waals surface area contributed by atoms with Crippen molar-refractivity contribution in [1.29, 1.82) is 0 Å². The van der Waals surface area contributed by atoms with E-state index in [0.29, 0.717) is 5.57 Å². The summed E-state index contributed by atoms with van der Waals surface area (Å²) in [7, 11) is 1.40. The average molecular weight is 294 g/mol. The molecule has 3 rings (SSSR count). The molecule has 112 valence electrons. The zero-order valence-corrected chi connectivity index (χ0v) is 12.7. The van der Waals surface area contributed by atoms with Gasteiger partial charge in [0, 0.05) is 0 Å². The maximum absolute atomic E-state index is 12.0. The molecule has 0 bridgehead atoms. The first-order valence-corrected chi connectivity index (χ1v) is 7.30. The Kier molecular flexibility index (Phi) is 4.07. The molecule has 0 radical (unpaired) electrons. The van der Waals surface area contributed by atoms with Crippen LogP contribution in [0.1, 0.15) is 35.8 Å². The summed E-state index contributed by atoms with van der Waals surface area (Å²) in [6.45, 7) is 1.84. The van der Waals surface area contributed by atoms with Gasteiger partial charge in [-0.1, -0.05) is 60.7 Å². The highest BCUT2D eigenvalue weighted by Gasteiger charge is 2.42. The largest absolute Gasteiger partial charge is 0.465 e. The number of ether oxygens (including phenoxy) is 2. The molecule has 3 nitrogen and oxygen atoms in total. The second kappa shape index (κ2) is 6.16. The van der Waals surface area contributed by atoms with E-state index in [1.54, 1.807) is 6.08 Å². The molecular weight excluding hydrogens is 276 g/mol. The van der Waals surface area contributed by atoms with Gasteiger partial charge in [-0.05, 0) is 23.6 Å². The van der Waals surface area contributed by atoms with E-state index < -0.39 is 0 Å². The fourth-order valence-electron chi connectivity index (χ4n) is 2.73. The molecule has 0 saturated carbocycles. The van der Waals surface area contributed by atoms with Gasteiger partial charge in [-0.15, -0.1) is 0 Å². The van der Waals surface area contributed by atoms with Gasteiger partial charge in [0.1, 0.15) is 12.2 Å². The third-order valence-corrected chi connectivity index (χ3v) is 3.87. The van der Waals surface area contributed by atoms with Crippen LogP contribution in [0, 0.1) is 0 Å². The minimum Gasteiger partial charge on any atom is -0.465 e. The lowest BCUT2D eigenvalue weighted by molar-refractivity contribution is -0.133. The summed E-state index contributed by atoms with van der Waals surface area (Å²) in [5, 5.41) is 0. The summed E-state index contributed by atoms with van der Waals surface area (Å²) in [5.41, 5.74) is 3.62. The van der Waals surface area contributed by atoms with E-state index in [4.69, 9.17) is 9.47 Å². The van der Waals surface area contributed by atoms with Crippen molar-refractivity contribution in [3.63, 3.8) is 0 Å². The van der Waals surface area contributed by atoms with Crippen molar-refractivity contribution in [2.75, 3.05) is 7.11 Å². The van der Waals surface area contributed by atoms with Crippen LogP contribution in [0.3, 0.4) is 0 Å². The van der Waals surface area contributed by atoms with Gasteiger partial charge in [0.05, 0.1) is 12.7 Å². The maximum Gasteiger partial charge on any atom is 0.338 e. The molecule has 0 aliphatic carbocycles. The molecule has 1 aliphatic heterocycles. The highest BCUT2D eigenvalue weighted by atomic mass is 16.6. The minimum absolute atomic E-state index is 0.0155. The third-order valence-electron chi connectivity index (χ3n) is 3.87. The Morgan fingerprint density at radius 1 is 1.05 bits per heavy atom. The lowest BCUT2D eigenvalue weighted by Gasteiger charge is -2.10. The molecule has 2 aromatic carbocycles. The van der Waals surface area contributed by atoms with E-state index in [1.165, 1.54) is 7.11 Å². The molecule has 0 amide bonds. The summed E-state index contributed by atoms with van der Waals surface area (Å²) in [5.74, 6) is -0.327. The van der Waals surface area contributed by atoms with Crippen LogP contribution in [0.5, 0.6) is 0 Å². The van der Waals surface area contributed by atoms with Gasteiger partial charge in [0.2, 0.25) is 0 Å². The fourth-order valence-corrected chi connectivity index (χ4v) is 2.73. The van der Waals surface area contributed by atoms with Crippen LogP contribution in [-0.4, -0.2) is 13.1 Å². The van der Waals surface area contributed by atoms with Gasteiger partial charge in [0.25, 0.3) is 0 Å². The standard InChI is InChI=1S/C19H18O3/c1-3-14(19(20)21-2)15-11-7-8-12-16(15)18-17(22-18)13-9-5-4-6-10-13/h3-12,17-18H,1-2H3/b14-3+. The Labute approximate surface area is 130 Å². The Balaban J connectivity index is 1.92. The van der Waals surface area contributed by atoms with Crippen LogP contribution in [0.25, 0.3) is 5.57 Å². The molecule has 0 spiro atoms. The van der Waals surface area contributed by atoms with Crippen molar-refractivity contribution in [1.82, 2.24) is 0 Å². The smallest absolute Gasteiger partial charge is 0.338 e. The Morgan fingerprint density at radius 3 is 2.41 bits per heavy atom. The van der Waals surface area contributed by atoms with Gasteiger partial charge in [0.15, 0.2) is 0 Å². The van der Waals surface area contributed by atoms with E-state index in [2.05, 4.69) is 12.1 Å². The summed E-state index contributed by atoms with van der Waals surface area (Å²) in [6, 6.07) is 18.0.